The fourth-order valence-electron chi connectivity index (χ4n) is 3.37. The van der Waals surface area contributed by atoms with Crippen molar-refractivity contribution in [2.24, 2.45) is 7.05 Å². The maximum atomic E-state index is 12.6. The third-order valence-corrected chi connectivity index (χ3v) is 4.80. The lowest BCUT2D eigenvalue weighted by Crippen LogP contribution is -2.45. The zero-order chi connectivity index (χ0) is 18.5. The molecule has 140 valence electrons. The smallest absolute Gasteiger partial charge is 0.223 e. The summed E-state index contributed by atoms with van der Waals surface area (Å²) in [5.74, 6) is 0.194. The van der Waals surface area contributed by atoms with Crippen LogP contribution in [0.2, 0.25) is 0 Å². The van der Waals surface area contributed by atoms with E-state index in [1.165, 1.54) is 0 Å². The summed E-state index contributed by atoms with van der Waals surface area (Å²) in [6.07, 6.45) is 6.62. The molecule has 1 fully saturated rings. The quantitative estimate of drug-likeness (QED) is 0.785. The Kier molecular flexibility index (Phi) is 5.98. The number of carbonyl (C=O) groups excluding carboxylic acids is 1. The summed E-state index contributed by atoms with van der Waals surface area (Å²) in [5.41, 5.74) is 4.14. The highest BCUT2D eigenvalue weighted by Crippen LogP contribution is 2.14. The molecule has 7 nitrogen and oxygen atoms in total. The highest BCUT2D eigenvalue weighted by Gasteiger charge is 2.24. The molecule has 3 heterocycles. The maximum absolute atomic E-state index is 12.6. The third kappa shape index (κ3) is 4.88. The molecule has 1 saturated heterocycles. The molecule has 26 heavy (non-hydrogen) atoms. The fourth-order valence-corrected chi connectivity index (χ4v) is 3.37. The van der Waals surface area contributed by atoms with Gasteiger partial charge >= 0.3 is 0 Å². The van der Waals surface area contributed by atoms with E-state index < -0.39 is 0 Å². The Morgan fingerprint density at radius 1 is 1.31 bits per heavy atom. The van der Waals surface area contributed by atoms with Gasteiger partial charge in [0.1, 0.15) is 6.33 Å². The largest absolute Gasteiger partial charge is 0.375 e. The number of nitrogens with zero attached hydrogens (tertiary/aromatic N) is 5. The Hall–Kier alpha value is -2.28. The number of morpholine rings is 1. The van der Waals surface area contributed by atoms with Gasteiger partial charge in [0.25, 0.3) is 0 Å². The van der Waals surface area contributed by atoms with E-state index in [0.717, 1.165) is 41.9 Å². The van der Waals surface area contributed by atoms with Crippen molar-refractivity contribution in [3.8, 4) is 0 Å². The number of amides is 1. The molecule has 1 aliphatic rings. The second-order valence-corrected chi connectivity index (χ2v) is 6.94. The molecule has 2 aromatic heterocycles. The predicted octanol–water partition coefficient (Wildman–Crippen LogP) is 1.62. The van der Waals surface area contributed by atoms with Gasteiger partial charge in [-0.2, -0.15) is 5.10 Å². The standard InChI is InChI=1S/C19H27N5O2/c1-14-10-17(21-13-20-14)5-6-18-12-24(8-9-26-18)19(25)7-4-16-11-23(3)22-15(16)2/h10-11,13,18H,4-9,12H2,1-3H3/t18-/m0/s1. The lowest BCUT2D eigenvalue weighted by atomic mass is 10.1. The molecule has 1 aliphatic heterocycles. The van der Waals surface area contributed by atoms with E-state index >= 15 is 0 Å². The monoisotopic (exact) mass is 357 g/mol. The number of ether oxygens (including phenoxy) is 1. The molecule has 0 bridgehead atoms. The Labute approximate surface area is 154 Å². The third-order valence-electron chi connectivity index (χ3n) is 4.80. The van der Waals surface area contributed by atoms with Gasteiger partial charge in [-0.1, -0.05) is 0 Å². The van der Waals surface area contributed by atoms with Crippen LogP contribution in [-0.2, 0) is 29.4 Å². The molecule has 1 atom stereocenters. The maximum Gasteiger partial charge on any atom is 0.223 e. The highest BCUT2D eigenvalue weighted by atomic mass is 16.5. The van der Waals surface area contributed by atoms with Crippen LogP contribution in [0.25, 0.3) is 0 Å². The van der Waals surface area contributed by atoms with E-state index in [0.29, 0.717) is 26.1 Å². The van der Waals surface area contributed by atoms with E-state index in [2.05, 4.69) is 15.1 Å². The topological polar surface area (TPSA) is 73.1 Å². The van der Waals surface area contributed by atoms with Crippen LogP contribution in [0.3, 0.4) is 0 Å². The van der Waals surface area contributed by atoms with Crippen LogP contribution < -0.4 is 0 Å². The van der Waals surface area contributed by atoms with Crippen molar-refractivity contribution in [3.63, 3.8) is 0 Å². The number of aryl methyl sites for hydroxylation is 5. The van der Waals surface area contributed by atoms with Crippen LogP contribution in [0, 0.1) is 13.8 Å². The van der Waals surface area contributed by atoms with E-state index in [9.17, 15) is 4.79 Å². The second-order valence-electron chi connectivity index (χ2n) is 6.94. The lowest BCUT2D eigenvalue weighted by Gasteiger charge is -2.33. The lowest BCUT2D eigenvalue weighted by molar-refractivity contribution is -0.138. The van der Waals surface area contributed by atoms with Crippen LogP contribution in [0.4, 0.5) is 0 Å². The average molecular weight is 357 g/mol. The Morgan fingerprint density at radius 2 is 2.15 bits per heavy atom. The van der Waals surface area contributed by atoms with Crippen molar-refractivity contribution < 1.29 is 9.53 Å². The predicted molar refractivity (Wildman–Crippen MR) is 97.7 cm³/mol. The molecule has 0 radical (unpaired) electrons. The van der Waals surface area contributed by atoms with Gasteiger partial charge in [0, 0.05) is 44.1 Å². The second kappa shape index (κ2) is 8.40. The van der Waals surface area contributed by atoms with Gasteiger partial charge in [0.05, 0.1) is 18.4 Å². The number of hydrogen-bond donors (Lipinski definition) is 0. The summed E-state index contributed by atoms with van der Waals surface area (Å²) in [6, 6.07) is 2.00. The summed E-state index contributed by atoms with van der Waals surface area (Å²) >= 11 is 0. The average Bonchev–Trinajstić information content (AvgIpc) is 2.95. The van der Waals surface area contributed by atoms with Crippen LogP contribution in [0.5, 0.6) is 0 Å². The van der Waals surface area contributed by atoms with Gasteiger partial charge in [0.15, 0.2) is 0 Å². The van der Waals surface area contributed by atoms with Gasteiger partial charge < -0.3 is 9.64 Å². The van der Waals surface area contributed by atoms with Crippen LogP contribution in [-0.4, -0.2) is 56.4 Å². The first-order valence-electron chi connectivity index (χ1n) is 9.17. The van der Waals surface area contributed by atoms with Crippen molar-refractivity contribution in [2.45, 2.75) is 45.6 Å². The van der Waals surface area contributed by atoms with Crippen LogP contribution in [0.1, 0.15) is 35.5 Å². The van der Waals surface area contributed by atoms with Crippen molar-refractivity contribution in [1.82, 2.24) is 24.6 Å². The summed E-state index contributed by atoms with van der Waals surface area (Å²) in [4.78, 5) is 22.9. The Bertz CT molecular complexity index is 758. The van der Waals surface area contributed by atoms with Gasteiger partial charge in [0.2, 0.25) is 5.91 Å². The van der Waals surface area contributed by atoms with Crippen molar-refractivity contribution in [2.75, 3.05) is 19.7 Å². The molecule has 0 aliphatic carbocycles. The van der Waals surface area contributed by atoms with Crippen LogP contribution in [0.15, 0.2) is 18.6 Å². The van der Waals surface area contributed by atoms with E-state index in [1.807, 2.05) is 38.1 Å². The first kappa shape index (κ1) is 18.5. The van der Waals surface area contributed by atoms with E-state index in [-0.39, 0.29) is 12.0 Å². The molecule has 0 spiro atoms. The minimum Gasteiger partial charge on any atom is -0.375 e. The summed E-state index contributed by atoms with van der Waals surface area (Å²) < 4.78 is 7.65. The van der Waals surface area contributed by atoms with Crippen LogP contribution >= 0.6 is 0 Å². The molecule has 0 unspecified atom stereocenters. The van der Waals surface area contributed by atoms with Crippen molar-refractivity contribution in [1.29, 1.82) is 0 Å². The highest BCUT2D eigenvalue weighted by molar-refractivity contribution is 5.76. The summed E-state index contributed by atoms with van der Waals surface area (Å²) in [6.45, 7) is 5.89. The van der Waals surface area contributed by atoms with Crippen molar-refractivity contribution >= 4 is 5.91 Å². The van der Waals surface area contributed by atoms with E-state index in [4.69, 9.17) is 4.74 Å². The Morgan fingerprint density at radius 3 is 2.88 bits per heavy atom. The molecule has 0 N–H and O–H groups in total. The SMILES string of the molecule is Cc1cc(CC[C@H]2CN(C(=O)CCc3cn(C)nc3C)CCO2)ncn1. The first-order valence-corrected chi connectivity index (χ1v) is 9.17. The molecular formula is C19H27N5O2. The molecule has 0 aromatic carbocycles. The zero-order valence-electron chi connectivity index (χ0n) is 15.8. The van der Waals surface area contributed by atoms with Gasteiger partial charge in [-0.25, -0.2) is 9.97 Å². The molecule has 2 aromatic rings. The number of aromatic nitrogens is 4. The minimum absolute atomic E-state index is 0.0723. The summed E-state index contributed by atoms with van der Waals surface area (Å²) in [7, 11) is 1.91. The summed E-state index contributed by atoms with van der Waals surface area (Å²) in [5, 5.41) is 4.33. The number of rotatable bonds is 6. The normalized spacial score (nSPS) is 17.5. The minimum atomic E-state index is 0.0723. The number of carbonyl (C=O) groups is 1. The molecule has 0 saturated carbocycles. The van der Waals surface area contributed by atoms with E-state index in [1.54, 1.807) is 11.0 Å². The fraction of sp³-hybridized carbons (Fsp3) is 0.579. The van der Waals surface area contributed by atoms with Gasteiger partial charge in [-0.15, -0.1) is 0 Å². The van der Waals surface area contributed by atoms with Gasteiger partial charge in [-0.05, 0) is 44.7 Å². The number of hydrogen-bond acceptors (Lipinski definition) is 5. The molecule has 1 amide bonds. The van der Waals surface area contributed by atoms with Gasteiger partial charge in [-0.3, -0.25) is 9.48 Å². The molecule has 7 heteroatoms. The first-order chi connectivity index (χ1) is 12.5. The molecule has 3 rings (SSSR count). The van der Waals surface area contributed by atoms with Crippen molar-refractivity contribution in [3.05, 3.63) is 41.2 Å². The molecular weight excluding hydrogens is 330 g/mol. The Balaban J connectivity index is 1.48. The zero-order valence-corrected chi connectivity index (χ0v) is 15.8.